The van der Waals surface area contributed by atoms with Crippen molar-refractivity contribution < 1.29 is 8.42 Å². The number of sulfone groups is 1. The minimum absolute atomic E-state index is 0.0370. The molecule has 1 N–H and O–H groups in total. The van der Waals surface area contributed by atoms with Gasteiger partial charge in [0.1, 0.15) is 0 Å². The molecular weight excluding hydrogens is 326 g/mol. The van der Waals surface area contributed by atoms with Gasteiger partial charge in [0.25, 0.3) is 0 Å². The van der Waals surface area contributed by atoms with Crippen molar-refractivity contribution in [3.63, 3.8) is 0 Å². The Hall–Kier alpha value is -0.550. The van der Waals surface area contributed by atoms with Gasteiger partial charge in [-0.1, -0.05) is 15.9 Å². The lowest BCUT2D eigenvalue weighted by atomic mass is 10.1. The van der Waals surface area contributed by atoms with E-state index in [0.717, 1.165) is 40.5 Å². The third kappa shape index (κ3) is 3.31. The highest BCUT2D eigenvalue weighted by Crippen LogP contribution is 2.30. The molecule has 1 fully saturated rings. The first-order valence-corrected chi connectivity index (χ1v) is 9.26. The largest absolute Gasteiger partial charge is 0.381 e. The predicted octanol–water partition coefficient (Wildman–Crippen LogP) is 3.44. The van der Waals surface area contributed by atoms with Gasteiger partial charge in [0.05, 0.1) is 5.25 Å². The molecule has 5 heteroatoms. The molecule has 3 nitrogen and oxygen atoms in total. The first-order valence-electron chi connectivity index (χ1n) is 6.51. The van der Waals surface area contributed by atoms with Crippen LogP contribution in [0.25, 0.3) is 0 Å². The van der Waals surface area contributed by atoms with Crippen LogP contribution in [0.2, 0.25) is 0 Å². The topological polar surface area (TPSA) is 46.2 Å². The first kappa shape index (κ1) is 14.9. The van der Waals surface area contributed by atoms with Crippen LogP contribution in [0.1, 0.15) is 30.4 Å². The molecule has 0 aliphatic heterocycles. The Morgan fingerprint density at radius 2 is 1.79 bits per heavy atom. The van der Waals surface area contributed by atoms with Crippen molar-refractivity contribution in [3.8, 4) is 0 Å². The van der Waals surface area contributed by atoms with Gasteiger partial charge in [-0.15, -0.1) is 0 Å². The summed E-state index contributed by atoms with van der Waals surface area (Å²) < 4.78 is 24.7. The van der Waals surface area contributed by atoms with Crippen molar-refractivity contribution in [1.29, 1.82) is 0 Å². The molecule has 1 saturated carbocycles. The van der Waals surface area contributed by atoms with Crippen molar-refractivity contribution in [1.82, 2.24) is 0 Å². The van der Waals surface area contributed by atoms with Crippen LogP contribution >= 0.6 is 15.9 Å². The molecule has 1 aliphatic carbocycles. The maximum atomic E-state index is 11.8. The number of hydrogen-bond donors (Lipinski definition) is 1. The number of anilines is 1. The molecule has 19 heavy (non-hydrogen) atoms. The van der Waals surface area contributed by atoms with Crippen molar-refractivity contribution in [3.05, 3.63) is 27.7 Å². The van der Waals surface area contributed by atoms with E-state index in [4.69, 9.17) is 0 Å². The minimum Gasteiger partial charge on any atom is -0.381 e. The highest BCUT2D eigenvalue weighted by Gasteiger charge is 2.34. The summed E-state index contributed by atoms with van der Waals surface area (Å²) in [5.74, 6) is 0. The fourth-order valence-corrected chi connectivity index (χ4v) is 4.47. The lowest BCUT2D eigenvalue weighted by Gasteiger charge is -2.21. The Balaban J connectivity index is 2.22. The second-order valence-electron chi connectivity index (χ2n) is 5.47. The maximum absolute atomic E-state index is 11.8. The summed E-state index contributed by atoms with van der Waals surface area (Å²) in [6.45, 7) is 4.09. The molecule has 0 spiro atoms. The molecule has 2 unspecified atom stereocenters. The lowest BCUT2D eigenvalue weighted by Crippen LogP contribution is -2.34. The normalized spacial score (nSPS) is 23.6. The van der Waals surface area contributed by atoms with Crippen molar-refractivity contribution >= 4 is 31.5 Å². The zero-order valence-electron chi connectivity index (χ0n) is 11.5. The SMILES string of the molecule is Cc1cc(NC2CCCC2S(C)(=O)=O)cc(C)c1Br. The Bertz CT molecular complexity index is 560. The summed E-state index contributed by atoms with van der Waals surface area (Å²) in [7, 11) is -2.97. The van der Waals surface area contributed by atoms with Crippen LogP contribution in [0.3, 0.4) is 0 Å². The molecule has 0 heterocycles. The first-order chi connectivity index (χ1) is 8.79. The second-order valence-corrected chi connectivity index (χ2v) is 8.53. The number of benzene rings is 1. The Morgan fingerprint density at radius 3 is 2.32 bits per heavy atom. The zero-order chi connectivity index (χ0) is 14.2. The van der Waals surface area contributed by atoms with Gasteiger partial charge in [-0.2, -0.15) is 0 Å². The van der Waals surface area contributed by atoms with Crippen LogP contribution in [-0.2, 0) is 9.84 Å². The van der Waals surface area contributed by atoms with E-state index >= 15 is 0 Å². The van der Waals surface area contributed by atoms with Gasteiger partial charge >= 0.3 is 0 Å². The van der Waals surface area contributed by atoms with Gasteiger partial charge in [0.2, 0.25) is 0 Å². The fourth-order valence-electron chi connectivity index (χ4n) is 2.85. The van der Waals surface area contributed by atoms with Crippen molar-refractivity contribution in [2.24, 2.45) is 0 Å². The van der Waals surface area contributed by atoms with Crippen LogP contribution in [0, 0.1) is 13.8 Å². The minimum atomic E-state index is -2.97. The maximum Gasteiger partial charge on any atom is 0.152 e. The van der Waals surface area contributed by atoms with Crippen LogP contribution in [0.15, 0.2) is 16.6 Å². The van der Waals surface area contributed by atoms with Gasteiger partial charge in [-0.3, -0.25) is 0 Å². The van der Waals surface area contributed by atoms with Gasteiger partial charge in [-0.25, -0.2) is 8.42 Å². The van der Waals surface area contributed by atoms with E-state index in [2.05, 4.69) is 33.4 Å². The molecule has 0 bridgehead atoms. The molecule has 2 rings (SSSR count). The van der Waals surface area contributed by atoms with Crippen molar-refractivity contribution in [2.45, 2.75) is 44.4 Å². The van der Waals surface area contributed by atoms with Gasteiger partial charge in [0, 0.05) is 22.5 Å². The molecule has 1 aromatic carbocycles. The third-order valence-electron chi connectivity index (χ3n) is 3.79. The molecule has 1 aliphatic rings. The number of nitrogens with one attached hydrogen (secondary N) is 1. The Kier molecular flexibility index (Phi) is 4.26. The van der Waals surface area contributed by atoms with Crippen LogP contribution in [-0.4, -0.2) is 26.0 Å². The summed E-state index contributed by atoms with van der Waals surface area (Å²) in [4.78, 5) is 0. The summed E-state index contributed by atoms with van der Waals surface area (Å²) in [5, 5.41) is 3.15. The van der Waals surface area contributed by atoms with E-state index in [9.17, 15) is 8.42 Å². The molecular formula is C14H20BrNO2S. The summed E-state index contributed by atoms with van der Waals surface area (Å²) >= 11 is 3.55. The summed E-state index contributed by atoms with van der Waals surface area (Å²) in [6, 6.07) is 4.17. The van der Waals surface area contributed by atoms with Gasteiger partial charge < -0.3 is 5.32 Å². The van der Waals surface area contributed by atoms with E-state index in [1.165, 1.54) is 6.26 Å². The highest BCUT2D eigenvalue weighted by molar-refractivity contribution is 9.10. The molecule has 2 atom stereocenters. The smallest absolute Gasteiger partial charge is 0.152 e. The average Bonchev–Trinajstić information content (AvgIpc) is 2.73. The highest BCUT2D eigenvalue weighted by atomic mass is 79.9. The van der Waals surface area contributed by atoms with Crippen molar-refractivity contribution in [2.75, 3.05) is 11.6 Å². The molecule has 0 radical (unpaired) electrons. The zero-order valence-corrected chi connectivity index (χ0v) is 13.9. The van der Waals surface area contributed by atoms with E-state index < -0.39 is 9.84 Å². The average molecular weight is 346 g/mol. The van der Waals surface area contributed by atoms with E-state index in [1.54, 1.807) is 0 Å². The summed E-state index contributed by atoms with van der Waals surface area (Å²) in [5.41, 5.74) is 3.34. The van der Waals surface area contributed by atoms with Crippen LogP contribution in [0.5, 0.6) is 0 Å². The number of rotatable bonds is 3. The molecule has 0 saturated heterocycles. The Labute approximate surface area is 123 Å². The third-order valence-corrected chi connectivity index (χ3v) is 6.71. The summed E-state index contributed by atoms with van der Waals surface area (Å²) in [6.07, 6.45) is 4.01. The monoisotopic (exact) mass is 345 g/mol. The van der Waals surface area contributed by atoms with E-state index in [-0.39, 0.29) is 11.3 Å². The number of halogens is 1. The van der Waals surface area contributed by atoms with Gasteiger partial charge in [-0.05, 0) is 56.4 Å². The van der Waals surface area contributed by atoms with E-state index in [1.807, 2.05) is 13.8 Å². The molecule has 106 valence electrons. The van der Waals surface area contributed by atoms with Crippen LogP contribution in [0.4, 0.5) is 5.69 Å². The molecule has 0 aromatic heterocycles. The second kappa shape index (κ2) is 5.44. The molecule has 0 amide bonds. The van der Waals surface area contributed by atoms with E-state index in [0.29, 0.717) is 0 Å². The number of hydrogen-bond acceptors (Lipinski definition) is 3. The number of aryl methyl sites for hydroxylation is 2. The van der Waals surface area contributed by atoms with Gasteiger partial charge in [0.15, 0.2) is 9.84 Å². The fraction of sp³-hybridized carbons (Fsp3) is 0.571. The predicted molar refractivity (Wildman–Crippen MR) is 83.5 cm³/mol. The lowest BCUT2D eigenvalue weighted by molar-refractivity contribution is 0.579. The standard InChI is InChI=1S/C14H20BrNO2S/c1-9-7-11(8-10(2)14(9)15)16-12-5-4-6-13(12)19(3,17)18/h7-8,12-13,16H,4-6H2,1-3H3. The quantitative estimate of drug-likeness (QED) is 0.912. The molecule has 1 aromatic rings. The Morgan fingerprint density at radius 1 is 1.21 bits per heavy atom. The van der Waals surface area contributed by atoms with Crippen LogP contribution < -0.4 is 5.32 Å².